The minimum atomic E-state index is 0.217. The first-order chi connectivity index (χ1) is 7.37. The molecule has 0 aliphatic heterocycles. The molecule has 80 valence electrons. The predicted molar refractivity (Wildman–Crippen MR) is 64.8 cm³/mol. The highest BCUT2D eigenvalue weighted by Gasteiger charge is 2.29. The van der Waals surface area contributed by atoms with E-state index in [1.54, 1.807) is 0 Å². The Morgan fingerprint density at radius 1 is 1.20 bits per heavy atom. The number of rotatable bonds is 3. The van der Waals surface area contributed by atoms with Gasteiger partial charge in [-0.05, 0) is 37.8 Å². The highest BCUT2D eigenvalue weighted by atomic mass is 14.5. The van der Waals surface area contributed by atoms with Gasteiger partial charge in [0.15, 0.2) is 0 Å². The van der Waals surface area contributed by atoms with Crippen LogP contribution in [0, 0.1) is 0 Å². The zero-order chi connectivity index (χ0) is 10.6. The zero-order valence-electron chi connectivity index (χ0n) is 9.15. The maximum absolute atomic E-state index is 5.75. The minimum absolute atomic E-state index is 0.217. The standard InChI is InChI=1S/C14H19N/c15-12-11-14(9-5-2-6-10-14)13-7-3-1-4-8-13/h1,3-5,7-9H,2,6,10-12,15H2. The van der Waals surface area contributed by atoms with Crippen molar-refractivity contribution >= 4 is 0 Å². The first-order valence-corrected chi connectivity index (χ1v) is 5.81. The molecule has 1 aromatic rings. The summed E-state index contributed by atoms with van der Waals surface area (Å²) in [5.74, 6) is 0. The molecule has 1 atom stereocenters. The highest BCUT2D eigenvalue weighted by Crippen LogP contribution is 2.37. The van der Waals surface area contributed by atoms with Gasteiger partial charge in [0.1, 0.15) is 0 Å². The Bertz CT molecular complexity index is 328. The van der Waals surface area contributed by atoms with E-state index < -0.39 is 0 Å². The first-order valence-electron chi connectivity index (χ1n) is 5.81. The summed E-state index contributed by atoms with van der Waals surface area (Å²) in [6.45, 7) is 0.763. The third kappa shape index (κ3) is 2.13. The summed E-state index contributed by atoms with van der Waals surface area (Å²) in [4.78, 5) is 0. The second kappa shape index (κ2) is 4.63. The Labute approximate surface area is 92.0 Å². The molecule has 0 heterocycles. The van der Waals surface area contributed by atoms with Crippen LogP contribution in [0.15, 0.2) is 42.5 Å². The van der Waals surface area contributed by atoms with Crippen LogP contribution in [0.2, 0.25) is 0 Å². The lowest BCUT2D eigenvalue weighted by Gasteiger charge is -2.33. The number of hydrogen-bond donors (Lipinski definition) is 1. The number of benzene rings is 1. The summed E-state index contributed by atoms with van der Waals surface area (Å²) < 4.78 is 0. The molecule has 0 aromatic heterocycles. The highest BCUT2D eigenvalue weighted by molar-refractivity contribution is 5.32. The fraction of sp³-hybridized carbons (Fsp3) is 0.429. The van der Waals surface area contributed by atoms with Gasteiger partial charge >= 0.3 is 0 Å². The zero-order valence-corrected chi connectivity index (χ0v) is 9.15. The Balaban J connectivity index is 2.34. The third-order valence-corrected chi connectivity index (χ3v) is 3.37. The Hall–Kier alpha value is -1.08. The summed E-state index contributed by atoms with van der Waals surface area (Å²) in [5, 5.41) is 0. The van der Waals surface area contributed by atoms with Gasteiger partial charge in [0.05, 0.1) is 0 Å². The Morgan fingerprint density at radius 3 is 2.60 bits per heavy atom. The summed E-state index contributed by atoms with van der Waals surface area (Å²) >= 11 is 0. The van der Waals surface area contributed by atoms with E-state index in [1.165, 1.54) is 24.8 Å². The molecule has 0 radical (unpaired) electrons. The number of nitrogens with two attached hydrogens (primary N) is 1. The normalized spacial score (nSPS) is 25.4. The van der Waals surface area contributed by atoms with Crippen molar-refractivity contribution < 1.29 is 0 Å². The first kappa shape index (κ1) is 10.4. The van der Waals surface area contributed by atoms with E-state index in [4.69, 9.17) is 5.73 Å². The van der Waals surface area contributed by atoms with Gasteiger partial charge in [-0.15, -0.1) is 0 Å². The molecule has 0 amide bonds. The second-order valence-electron chi connectivity index (χ2n) is 4.36. The van der Waals surface area contributed by atoms with Gasteiger partial charge in [0, 0.05) is 5.41 Å². The summed E-state index contributed by atoms with van der Waals surface area (Å²) in [6.07, 6.45) is 9.49. The van der Waals surface area contributed by atoms with Crippen LogP contribution < -0.4 is 5.73 Å². The predicted octanol–water partition coefficient (Wildman–Crippen LogP) is 3.01. The SMILES string of the molecule is NCCC1(c2ccccc2)C=CCCC1. The lowest BCUT2D eigenvalue weighted by Crippen LogP contribution is -2.28. The van der Waals surface area contributed by atoms with Crippen molar-refractivity contribution in [2.75, 3.05) is 6.54 Å². The maximum Gasteiger partial charge on any atom is 0.0144 e. The molecule has 1 aliphatic rings. The van der Waals surface area contributed by atoms with Crippen molar-refractivity contribution in [1.82, 2.24) is 0 Å². The van der Waals surface area contributed by atoms with E-state index in [0.717, 1.165) is 13.0 Å². The Kier molecular flexibility index (Phi) is 3.22. The summed E-state index contributed by atoms with van der Waals surface area (Å²) in [6, 6.07) is 10.8. The van der Waals surface area contributed by atoms with Crippen molar-refractivity contribution in [2.45, 2.75) is 31.1 Å². The fourth-order valence-corrected chi connectivity index (χ4v) is 2.55. The molecule has 2 rings (SSSR count). The molecule has 1 aromatic carbocycles. The van der Waals surface area contributed by atoms with E-state index in [0.29, 0.717) is 0 Å². The van der Waals surface area contributed by atoms with E-state index >= 15 is 0 Å². The molecule has 2 N–H and O–H groups in total. The molecular formula is C14H19N. The van der Waals surface area contributed by atoms with Crippen LogP contribution in [0.3, 0.4) is 0 Å². The van der Waals surface area contributed by atoms with Gasteiger partial charge in [-0.3, -0.25) is 0 Å². The van der Waals surface area contributed by atoms with Crippen LogP contribution >= 0.6 is 0 Å². The van der Waals surface area contributed by atoms with E-state index in [-0.39, 0.29) is 5.41 Å². The molecule has 0 spiro atoms. The Morgan fingerprint density at radius 2 is 2.00 bits per heavy atom. The van der Waals surface area contributed by atoms with Crippen molar-refractivity contribution in [1.29, 1.82) is 0 Å². The smallest absolute Gasteiger partial charge is 0.0144 e. The monoisotopic (exact) mass is 201 g/mol. The largest absolute Gasteiger partial charge is 0.330 e. The van der Waals surface area contributed by atoms with Crippen molar-refractivity contribution in [3.8, 4) is 0 Å². The van der Waals surface area contributed by atoms with Crippen LogP contribution in [0.25, 0.3) is 0 Å². The lowest BCUT2D eigenvalue weighted by molar-refractivity contribution is 0.429. The third-order valence-electron chi connectivity index (χ3n) is 3.37. The van der Waals surface area contributed by atoms with Crippen LogP contribution in [0.5, 0.6) is 0 Å². The van der Waals surface area contributed by atoms with Gasteiger partial charge in [0.25, 0.3) is 0 Å². The second-order valence-corrected chi connectivity index (χ2v) is 4.36. The van der Waals surface area contributed by atoms with Gasteiger partial charge in [-0.2, -0.15) is 0 Å². The fourth-order valence-electron chi connectivity index (χ4n) is 2.55. The van der Waals surface area contributed by atoms with Gasteiger partial charge in [-0.1, -0.05) is 42.5 Å². The summed E-state index contributed by atoms with van der Waals surface area (Å²) in [5.41, 5.74) is 7.39. The van der Waals surface area contributed by atoms with Gasteiger partial charge in [-0.25, -0.2) is 0 Å². The maximum atomic E-state index is 5.75. The molecule has 1 heteroatoms. The topological polar surface area (TPSA) is 26.0 Å². The molecule has 0 bridgehead atoms. The quantitative estimate of drug-likeness (QED) is 0.747. The number of hydrogen-bond acceptors (Lipinski definition) is 1. The van der Waals surface area contributed by atoms with Crippen molar-refractivity contribution in [3.05, 3.63) is 48.0 Å². The molecule has 0 saturated carbocycles. The van der Waals surface area contributed by atoms with Crippen LogP contribution in [0.4, 0.5) is 0 Å². The van der Waals surface area contributed by atoms with E-state index in [9.17, 15) is 0 Å². The molecular weight excluding hydrogens is 182 g/mol. The van der Waals surface area contributed by atoms with Gasteiger partial charge < -0.3 is 5.73 Å². The molecule has 1 unspecified atom stereocenters. The summed E-state index contributed by atoms with van der Waals surface area (Å²) in [7, 11) is 0. The molecule has 1 aliphatic carbocycles. The van der Waals surface area contributed by atoms with E-state index in [1.807, 2.05) is 0 Å². The molecule has 15 heavy (non-hydrogen) atoms. The number of allylic oxidation sites excluding steroid dienone is 2. The molecule has 1 nitrogen and oxygen atoms in total. The van der Waals surface area contributed by atoms with Gasteiger partial charge in [0.2, 0.25) is 0 Å². The van der Waals surface area contributed by atoms with Crippen molar-refractivity contribution in [2.24, 2.45) is 5.73 Å². The minimum Gasteiger partial charge on any atom is -0.330 e. The average Bonchev–Trinajstić information content (AvgIpc) is 2.32. The van der Waals surface area contributed by atoms with Crippen LogP contribution in [0.1, 0.15) is 31.2 Å². The average molecular weight is 201 g/mol. The van der Waals surface area contributed by atoms with Crippen LogP contribution in [-0.4, -0.2) is 6.54 Å². The van der Waals surface area contributed by atoms with E-state index in [2.05, 4.69) is 42.5 Å². The lowest BCUT2D eigenvalue weighted by atomic mass is 9.71. The van der Waals surface area contributed by atoms with Crippen molar-refractivity contribution in [3.63, 3.8) is 0 Å². The molecule has 0 fully saturated rings. The molecule has 0 saturated heterocycles. The van der Waals surface area contributed by atoms with Crippen LogP contribution in [-0.2, 0) is 5.41 Å².